The highest BCUT2D eigenvalue weighted by molar-refractivity contribution is 6.24. The summed E-state index contributed by atoms with van der Waals surface area (Å²) in [7, 11) is 0. The first-order valence-corrected chi connectivity index (χ1v) is 10.7. The Hall–Kier alpha value is -2.68. The molecule has 148 valence electrons. The predicted molar refractivity (Wildman–Crippen MR) is 117 cm³/mol. The minimum absolute atomic E-state index is 0.0132. The zero-order valence-corrected chi connectivity index (χ0v) is 17.3. The Labute approximate surface area is 173 Å². The van der Waals surface area contributed by atoms with Gasteiger partial charge in [-0.25, -0.2) is 0 Å². The summed E-state index contributed by atoms with van der Waals surface area (Å²) in [6, 6.07) is 19.4. The maximum Gasteiger partial charge on any atom is 0.166 e. The fraction of sp³-hybridized carbons (Fsp3) is 0.385. The van der Waals surface area contributed by atoms with E-state index >= 15 is 0 Å². The van der Waals surface area contributed by atoms with E-state index in [0.717, 1.165) is 37.1 Å². The van der Waals surface area contributed by atoms with Crippen LogP contribution in [0.5, 0.6) is 0 Å². The number of aliphatic imine (C=N–C) groups is 1. The Morgan fingerprint density at radius 1 is 1.03 bits per heavy atom. The van der Waals surface area contributed by atoms with E-state index in [1.807, 2.05) is 6.07 Å². The molecule has 0 N–H and O–H groups in total. The van der Waals surface area contributed by atoms with Crippen LogP contribution in [0.1, 0.15) is 55.8 Å². The largest absolute Gasteiger partial charge is 0.366 e. The van der Waals surface area contributed by atoms with Crippen molar-refractivity contribution in [2.45, 2.75) is 52.1 Å². The summed E-state index contributed by atoms with van der Waals surface area (Å²) in [5, 5.41) is 0. The molecule has 0 saturated carbocycles. The van der Waals surface area contributed by atoms with Gasteiger partial charge in [-0.15, -0.1) is 0 Å². The predicted octanol–water partition coefficient (Wildman–Crippen LogP) is 5.27. The molecule has 2 aromatic rings. The smallest absolute Gasteiger partial charge is 0.166 e. The first-order chi connectivity index (χ1) is 14.0. The molecule has 0 fully saturated rings. The summed E-state index contributed by atoms with van der Waals surface area (Å²) in [5.74, 6) is 0.278. The molecule has 5 rings (SSSR count). The second-order valence-electron chi connectivity index (χ2n) is 9.37. The second kappa shape index (κ2) is 6.98. The first kappa shape index (κ1) is 18.4. The van der Waals surface area contributed by atoms with Crippen LogP contribution in [0.15, 0.2) is 70.9 Å². The summed E-state index contributed by atoms with van der Waals surface area (Å²) in [4.78, 5) is 20.8. The number of carbonyl (C=O) groups is 1. The van der Waals surface area contributed by atoms with E-state index < -0.39 is 0 Å². The Balaban J connectivity index is 1.60. The SMILES string of the molecule is CC1(C)CC(=O)C2=C(C1)N1CCc3ccccc3C1CC2=NCc1ccccc1. The van der Waals surface area contributed by atoms with Crippen LogP contribution in [0.3, 0.4) is 0 Å². The number of ketones is 1. The number of benzene rings is 2. The van der Waals surface area contributed by atoms with Crippen LogP contribution in [0.4, 0.5) is 0 Å². The van der Waals surface area contributed by atoms with Crippen molar-refractivity contribution in [3.8, 4) is 0 Å². The molecule has 1 aliphatic carbocycles. The van der Waals surface area contributed by atoms with Gasteiger partial charge in [0.05, 0.1) is 23.9 Å². The highest BCUT2D eigenvalue weighted by Crippen LogP contribution is 2.47. The lowest BCUT2D eigenvalue weighted by atomic mass is 9.71. The zero-order valence-electron chi connectivity index (χ0n) is 17.3. The molecule has 2 aromatic carbocycles. The van der Waals surface area contributed by atoms with Gasteiger partial charge >= 0.3 is 0 Å². The van der Waals surface area contributed by atoms with Crippen molar-refractivity contribution >= 4 is 11.5 Å². The topological polar surface area (TPSA) is 32.7 Å². The summed E-state index contributed by atoms with van der Waals surface area (Å²) in [6.07, 6.45) is 3.45. The first-order valence-electron chi connectivity index (χ1n) is 10.7. The Morgan fingerprint density at radius 2 is 1.79 bits per heavy atom. The number of carbonyl (C=O) groups excluding carboxylic acids is 1. The fourth-order valence-electron chi connectivity index (χ4n) is 5.25. The van der Waals surface area contributed by atoms with E-state index in [1.165, 1.54) is 22.4 Å². The fourth-order valence-corrected chi connectivity index (χ4v) is 5.25. The number of fused-ring (bicyclic) bond motifs is 4. The van der Waals surface area contributed by atoms with Crippen molar-refractivity contribution in [1.29, 1.82) is 0 Å². The monoisotopic (exact) mass is 384 g/mol. The van der Waals surface area contributed by atoms with Crippen LogP contribution in [0, 0.1) is 5.41 Å². The summed E-state index contributed by atoms with van der Waals surface area (Å²) in [6.45, 7) is 6.07. The Bertz CT molecular complexity index is 1020. The number of hydrogen-bond donors (Lipinski definition) is 0. The van der Waals surface area contributed by atoms with E-state index in [9.17, 15) is 4.79 Å². The van der Waals surface area contributed by atoms with E-state index in [4.69, 9.17) is 4.99 Å². The van der Waals surface area contributed by atoms with Crippen LogP contribution >= 0.6 is 0 Å². The third-order valence-electron chi connectivity index (χ3n) is 6.58. The summed E-state index contributed by atoms with van der Waals surface area (Å²) < 4.78 is 0. The molecule has 3 nitrogen and oxygen atoms in total. The van der Waals surface area contributed by atoms with Crippen LogP contribution in [0.2, 0.25) is 0 Å². The van der Waals surface area contributed by atoms with Crippen molar-refractivity contribution in [1.82, 2.24) is 4.90 Å². The third-order valence-corrected chi connectivity index (χ3v) is 6.58. The highest BCUT2D eigenvalue weighted by Gasteiger charge is 2.43. The van der Waals surface area contributed by atoms with E-state index in [1.54, 1.807) is 0 Å². The molecule has 0 radical (unpaired) electrons. The van der Waals surface area contributed by atoms with E-state index in [-0.39, 0.29) is 11.2 Å². The van der Waals surface area contributed by atoms with Gasteiger partial charge in [0.2, 0.25) is 0 Å². The Kier molecular flexibility index (Phi) is 4.42. The maximum absolute atomic E-state index is 13.2. The Morgan fingerprint density at radius 3 is 2.62 bits per heavy atom. The van der Waals surface area contributed by atoms with Crippen LogP contribution in [-0.4, -0.2) is 22.9 Å². The van der Waals surface area contributed by atoms with E-state index in [0.29, 0.717) is 19.0 Å². The second-order valence-corrected chi connectivity index (χ2v) is 9.37. The van der Waals surface area contributed by atoms with Crippen LogP contribution < -0.4 is 0 Å². The van der Waals surface area contributed by atoms with Crippen molar-refractivity contribution in [3.63, 3.8) is 0 Å². The van der Waals surface area contributed by atoms with Gasteiger partial charge in [0.1, 0.15) is 0 Å². The molecule has 3 aliphatic rings. The van der Waals surface area contributed by atoms with E-state index in [2.05, 4.69) is 67.3 Å². The number of hydrogen-bond acceptors (Lipinski definition) is 3. The molecular formula is C26H28N2O. The van der Waals surface area contributed by atoms with Gasteiger partial charge in [0.25, 0.3) is 0 Å². The minimum Gasteiger partial charge on any atom is -0.366 e. The van der Waals surface area contributed by atoms with Gasteiger partial charge < -0.3 is 4.90 Å². The standard InChI is InChI=1S/C26H28N2O/c1-26(2)15-23-25(24(29)16-26)21(27-17-18-8-4-3-5-9-18)14-22-20-11-7-6-10-19(20)12-13-28(22)23/h3-11,22H,12-17H2,1-2H3. The zero-order chi connectivity index (χ0) is 20.0. The van der Waals surface area contributed by atoms with Gasteiger partial charge in [-0.2, -0.15) is 0 Å². The molecular weight excluding hydrogens is 356 g/mol. The lowest BCUT2D eigenvalue weighted by Gasteiger charge is -2.48. The van der Waals surface area contributed by atoms with Crippen LogP contribution in [0.25, 0.3) is 0 Å². The van der Waals surface area contributed by atoms with Crippen molar-refractivity contribution in [3.05, 3.63) is 82.6 Å². The normalized spacial score (nSPS) is 24.2. The molecule has 1 unspecified atom stereocenters. The molecule has 2 aliphatic heterocycles. The molecule has 2 heterocycles. The van der Waals surface area contributed by atoms with Crippen LogP contribution in [-0.2, 0) is 17.8 Å². The lowest BCUT2D eigenvalue weighted by molar-refractivity contribution is -0.118. The number of nitrogens with zero attached hydrogens (tertiary/aromatic N) is 2. The quantitative estimate of drug-likeness (QED) is 0.706. The molecule has 0 spiro atoms. The third kappa shape index (κ3) is 3.33. The van der Waals surface area contributed by atoms with Gasteiger partial charge in [0.15, 0.2) is 5.78 Å². The van der Waals surface area contributed by atoms with Gasteiger partial charge in [-0.05, 0) is 34.9 Å². The molecule has 0 bridgehead atoms. The van der Waals surface area contributed by atoms with Crippen molar-refractivity contribution < 1.29 is 4.79 Å². The molecule has 0 amide bonds. The minimum atomic E-state index is 0.0132. The molecule has 29 heavy (non-hydrogen) atoms. The molecule has 1 atom stereocenters. The lowest BCUT2D eigenvalue weighted by Crippen LogP contribution is -2.45. The van der Waals surface area contributed by atoms with Crippen molar-refractivity contribution in [2.75, 3.05) is 6.54 Å². The summed E-state index contributed by atoms with van der Waals surface area (Å²) in [5.41, 5.74) is 7.24. The van der Waals surface area contributed by atoms with Gasteiger partial charge in [-0.3, -0.25) is 9.79 Å². The van der Waals surface area contributed by atoms with Gasteiger partial charge in [0, 0.05) is 25.1 Å². The molecule has 0 saturated heterocycles. The maximum atomic E-state index is 13.2. The number of rotatable bonds is 2. The number of Topliss-reactive ketones (excluding diaryl/α,β-unsaturated/α-hetero) is 1. The summed E-state index contributed by atoms with van der Waals surface area (Å²) >= 11 is 0. The van der Waals surface area contributed by atoms with Gasteiger partial charge in [-0.1, -0.05) is 68.4 Å². The number of allylic oxidation sites excluding steroid dienone is 2. The highest BCUT2D eigenvalue weighted by atomic mass is 16.1. The molecule has 3 heteroatoms. The molecule has 0 aromatic heterocycles. The average molecular weight is 385 g/mol. The average Bonchev–Trinajstić information content (AvgIpc) is 2.71. The van der Waals surface area contributed by atoms with Crippen molar-refractivity contribution in [2.24, 2.45) is 10.4 Å².